The fourth-order valence-electron chi connectivity index (χ4n) is 4.23. The van der Waals surface area contributed by atoms with Gasteiger partial charge in [0, 0.05) is 24.6 Å². The molecule has 2 aromatic carbocycles. The van der Waals surface area contributed by atoms with Crippen LogP contribution in [-0.4, -0.2) is 24.5 Å². The Balaban J connectivity index is 0.00000129. The van der Waals surface area contributed by atoms with E-state index < -0.39 is 29.4 Å². The van der Waals surface area contributed by atoms with E-state index in [-0.39, 0.29) is 29.9 Å². The molecule has 0 heterocycles. The highest BCUT2D eigenvalue weighted by atomic mass is 19.4. The second-order valence-electron chi connectivity index (χ2n) is 8.03. The number of anilines is 2. The van der Waals surface area contributed by atoms with Crippen LogP contribution in [0.25, 0.3) is 0 Å². The lowest BCUT2D eigenvalue weighted by molar-refractivity contribution is -0.137. The number of hydrogen-bond acceptors (Lipinski definition) is 4. The fraction of sp³-hybridized carbons (Fsp3) is 0.375. The van der Waals surface area contributed by atoms with Crippen LogP contribution in [0.15, 0.2) is 42.5 Å². The maximum Gasteiger partial charge on any atom is 0.416 e. The van der Waals surface area contributed by atoms with Crippen LogP contribution in [0.5, 0.6) is 0 Å². The van der Waals surface area contributed by atoms with Crippen molar-refractivity contribution in [1.82, 2.24) is 0 Å². The van der Waals surface area contributed by atoms with Crippen LogP contribution < -0.4 is 10.6 Å². The van der Waals surface area contributed by atoms with Gasteiger partial charge in [0.25, 0.3) is 6.47 Å². The van der Waals surface area contributed by atoms with Crippen LogP contribution in [0.3, 0.4) is 0 Å². The number of nitrogens with zero attached hydrogens (tertiary/aromatic N) is 1. The first kappa shape index (κ1) is 26.6. The van der Waals surface area contributed by atoms with Gasteiger partial charge in [-0.3, -0.25) is 9.59 Å². The van der Waals surface area contributed by atoms with Crippen molar-refractivity contribution in [1.29, 1.82) is 5.26 Å². The maximum absolute atomic E-state index is 14.2. The number of halogens is 4. The summed E-state index contributed by atoms with van der Waals surface area (Å²) in [7, 11) is 1.81. The molecule has 0 spiro atoms. The Morgan fingerprint density at radius 1 is 1.18 bits per heavy atom. The number of carboxylic acid groups (broad SMARTS) is 1. The van der Waals surface area contributed by atoms with Gasteiger partial charge in [0.15, 0.2) is 0 Å². The third-order valence-electron chi connectivity index (χ3n) is 6.05. The molecule has 0 saturated heterocycles. The van der Waals surface area contributed by atoms with Crippen molar-refractivity contribution in [2.45, 2.75) is 31.9 Å². The van der Waals surface area contributed by atoms with Gasteiger partial charge in [-0.05, 0) is 60.6 Å². The second-order valence-corrected chi connectivity index (χ2v) is 8.03. The number of nitrogens with one attached hydrogen (secondary N) is 2. The largest absolute Gasteiger partial charge is 0.483 e. The smallest absolute Gasteiger partial charge is 0.416 e. The molecule has 3 unspecified atom stereocenters. The quantitative estimate of drug-likeness (QED) is 0.397. The van der Waals surface area contributed by atoms with Gasteiger partial charge < -0.3 is 15.7 Å². The molecule has 3 rings (SSSR count). The molecule has 1 saturated carbocycles. The molecule has 0 aliphatic heterocycles. The van der Waals surface area contributed by atoms with Crippen LogP contribution in [0, 0.1) is 34.9 Å². The van der Waals surface area contributed by atoms with Gasteiger partial charge in [-0.1, -0.05) is 19.1 Å². The first-order chi connectivity index (χ1) is 16.0. The SMILES string of the molecule is CNc1ccc(C2CC(C#N)CC(C(=O)Nc3ccc(C(F)(F)F)cc3F)[C@@H]2C)cc1.O=CO. The first-order valence-corrected chi connectivity index (χ1v) is 10.5. The van der Waals surface area contributed by atoms with Crippen molar-refractivity contribution in [3.63, 3.8) is 0 Å². The summed E-state index contributed by atoms with van der Waals surface area (Å²) in [5.74, 6) is -2.75. The number of carbonyl (C=O) groups is 2. The van der Waals surface area contributed by atoms with E-state index >= 15 is 0 Å². The number of benzene rings is 2. The van der Waals surface area contributed by atoms with E-state index in [1.54, 1.807) is 0 Å². The van der Waals surface area contributed by atoms with Crippen LogP contribution >= 0.6 is 0 Å². The van der Waals surface area contributed by atoms with Crippen molar-refractivity contribution >= 4 is 23.8 Å². The summed E-state index contributed by atoms with van der Waals surface area (Å²) in [6, 6.07) is 12.0. The third kappa shape index (κ3) is 6.47. The van der Waals surface area contributed by atoms with Crippen LogP contribution in [-0.2, 0) is 15.8 Å². The molecule has 182 valence electrons. The van der Waals surface area contributed by atoms with Gasteiger partial charge in [-0.15, -0.1) is 0 Å². The van der Waals surface area contributed by atoms with Gasteiger partial charge in [0.2, 0.25) is 5.91 Å². The van der Waals surface area contributed by atoms with Crippen LogP contribution in [0.2, 0.25) is 0 Å². The normalized spacial score (nSPS) is 21.9. The molecular weight excluding hydrogens is 454 g/mol. The summed E-state index contributed by atoms with van der Waals surface area (Å²) < 4.78 is 52.4. The predicted octanol–water partition coefficient (Wildman–Crippen LogP) is 5.50. The van der Waals surface area contributed by atoms with Gasteiger partial charge in [-0.25, -0.2) is 4.39 Å². The third-order valence-corrected chi connectivity index (χ3v) is 6.05. The Kier molecular flexibility index (Phi) is 9.01. The lowest BCUT2D eigenvalue weighted by Gasteiger charge is -2.38. The molecule has 0 aromatic heterocycles. The second kappa shape index (κ2) is 11.5. The average Bonchev–Trinajstić information content (AvgIpc) is 2.80. The number of rotatable bonds is 4. The lowest BCUT2D eigenvalue weighted by atomic mass is 9.66. The van der Waals surface area contributed by atoms with E-state index in [2.05, 4.69) is 16.7 Å². The average molecular weight is 479 g/mol. The number of amides is 1. The van der Waals surface area contributed by atoms with Crippen LogP contribution in [0.4, 0.5) is 28.9 Å². The van der Waals surface area contributed by atoms with Gasteiger partial charge in [-0.2, -0.15) is 18.4 Å². The van der Waals surface area contributed by atoms with Gasteiger partial charge >= 0.3 is 6.18 Å². The summed E-state index contributed by atoms with van der Waals surface area (Å²) in [5, 5.41) is 21.9. The minimum Gasteiger partial charge on any atom is -0.483 e. The maximum atomic E-state index is 14.2. The molecule has 0 bridgehead atoms. The van der Waals surface area contributed by atoms with E-state index in [0.717, 1.165) is 23.4 Å². The van der Waals surface area contributed by atoms with E-state index in [4.69, 9.17) is 9.90 Å². The van der Waals surface area contributed by atoms with Gasteiger partial charge in [0.1, 0.15) is 5.82 Å². The van der Waals surface area contributed by atoms with Crippen molar-refractivity contribution in [3.05, 3.63) is 59.4 Å². The van der Waals surface area contributed by atoms with Crippen LogP contribution in [0.1, 0.15) is 36.8 Å². The predicted molar refractivity (Wildman–Crippen MR) is 118 cm³/mol. The molecule has 0 radical (unpaired) electrons. The minimum absolute atomic E-state index is 0.0440. The number of carbonyl (C=O) groups excluding carboxylic acids is 1. The Bertz CT molecular complexity index is 1040. The van der Waals surface area contributed by atoms with E-state index in [0.29, 0.717) is 18.9 Å². The Morgan fingerprint density at radius 3 is 2.29 bits per heavy atom. The molecule has 1 aliphatic rings. The molecule has 1 amide bonds. The highest BCUT2D eigenvalue weighted by Crippen LogP contribution is 2.44. The molecule has 1 fully saturated rings. The van der Waals surface area contributed by atoms with E-state index in [1.807, 2.05) is 38.2 Å². The van der Waals surface area contributed by atoms with Crippen molar-refractivity contribution < 1.29 is 32.3 Å². The zero-order valence-corrected chi connectivity index (χ0v) is 18.6. The molecule has 3 N–H and O–H groups in total. The monoisotopic (exact) mass is 479 g/mol. The van der Waals surface area contributed by atoms with Gasteiger partial charge in [0.05, 0.1) is 17.3 Å². The zero-order chi connectivity index (χ0) is 25.5. The topological polar surface area (TPSA) is 102 Å². The standard InChI is InChI=1S/C23H23F4N3O.CH2O2/c1-13-18(15-3-6-17(29-2)7-4-15)9-14(12-28)10-19(13)22(31)30-21-8-5-16(11-20(21)24)23(25,26)27;2-1-3/h3-8,11,13-14,18-19,29H,9-10H2,1-2H3,(H,30,31);1H,(H,2,3)/t13-,14?,18?,19?;/m1./s1. The summed E-state index contributed by atoms with van der Waals surface area (Å²) in [6.07, 6.45) is -3.75. The fourth-order valence-corrected chi connectivity index (χ4v) is 4.23. The molecule has 6 nitrogen and oxygen atoms in total. The molecular formula is C24H25F4N3O3. The molecule has 34 heavy (non-hydrogen) atoms. The molecule has 4 atom stereocenters. The van der Waals surface area contributed by atoms with Crippen molar-refractivity contribution in [3.8, 4) is 6.07 Å². The Labute approximate surface area is 194 Å². The minimum atomic E-state index is -4.67. The Morgan fingerprint density at radius 2 is 1.79 bits per heavy atom. The number of alkyl halides is 3. The molecule has 1 aliphatic carbocycles. The molecule has 2 aromatic rings. The molecule has 10 heteroatoms. The highest BCUT2D eigenvalue weighted by Gasteiger charge is 2.40. The summed E-state index contributed by atoms with van der Waals surface area (Å²) >= 11 is 0. The Hall–Kier alpha value is -3.61. The van der Waals surface area contributed by atoms with Crippen molar-refractivity contribution in [2.75, 3.05) is 17.7 Å². The lowest BCUT2D eigenvalue weighted by Crippen LogP contribution is -2.37. The van der Waals surface area contributed by atoms with Crippen molar-refractivity contribution in [2.24, 2.45) is 17.8 Å². The summed E-state index contributed by atoms with van der Waals surface area (Å²) in [5.41, 5.74) is 0.518. The summed E-state index contributed by atoms with van der Waals surface area (Å²) in [6.45, 7) is 1.66. The number of nitriles is 1. The summed E-state index contributed by atoms with van der Waals surface area (Å²) in [4.78, 5) is 21.3. The van der Waals surface area contributed by atoms with E-state index in [9.17, 15) is 27.6 Å². The zero-order valence-electron chi connectivity index (χ0n) is 18.6. The van der Waals surface area contributed by atoms with E-state index in [1.165, 1.54) is 0 Å². The highest BCUT2D eigenvalue weighted by molar-refractivity contribution is 5.93. The first-order valence-electron chi connectivity index (χ1n) is 10.5. The number of hydrogen-bond donors (Lipinski definition) is 3.